The minimum atomic E-state index is -0.571. The molecule has 2 saturated heterocycles. The molecule has 15 heavy (non-hydrogen) atoms. The third-order valence-corrected chi connectivity index (χ3v) is 2.75. The predicted molar refractivity (Wildman–Crippen MR) is 51.0 cm³/mol. The molecular weight excluding hydrogens is 196 g/mol. The minimum absolute atomic E-state index is 0.149. The predicted octanol–water partition coefficient (Wildman–Crippen LogP) is 0.900. The first kappa shape index (κ1) is 10.2. The highest BCUT2D eigenvalue weighted by Gasteiger charge is 2.29. The molecule has 0 spiro atoms. The smallest absolute Gasteiger partial charge is 0.411 e. The molecule has 5 heteroatoms. The Morgan fingerprint density at radius 3 is 3.00 bits per heavy atom. The number of ether oxygens (including phenoxy) is 2. The lowest BCUT2D eigenvalue weighted by Gasteiger charge is -2.30. The molecule has 2 fully saturated rings. The third-order valence-electron chi connectivity index (χ3n) is 2.75. The first-order valence-corrected chi connectivity index (χ1v) is 5.26. The number of nitriles is 1. The topological polar surface area (TPSA) is 62.6 Å². The van der Waals surface area contributed by atoms with Crippen LogP contribution in [0.25, 0.3) is 0 Å². The van der Waals surface area contributed by atoms with Crippen LogP contribution in [0.2, 0.25) is 0 Å². The van der Waals surface area contributed by atoms with Gasteiger partial charge < -0.3 is 14.4 Å². The number of cyclic esters (lactones) is 1. The number of carbonyl (C=O) groups is 1. The quantitative estimate of drug-likeness (QED) is 0.679. The van der Waals surface area contributed by atoms with E-state index in [2.05, 4.69) is 0 Å². The van der Waals surface area contributed by atoms with Gasteiger partial charge in [0.1, 0.15) is 6.07 Å². The number of hydrogen-bond acceptors (Lipinski definition) is 4. The van der Waals surface area contributed by atoms with E-state index in [-0.39, 0.29) is 12.2 Å². The van der Waals surface area contributed by atoms with Crippen molar-refractivity contribution in [1.29, 1.82) is 5.26 Å². The fourth-order valence-corrected chi connectivity index (χ4v) is 1.91. The molecule has 0 aromatic carbocycles. The maximum Gasteiger partial charge on any atom is 0.411 e. The molecule has 2 rings (SSSR count). The summed E-state index contributed by atoms with van der Waals surface area (Å²) < 4.78 is 10.4. The Morgan fingerprint density at radius 1 is 1.53 bits per heavy atom. The monoisotopic (exact) mass is 210 g/mol. The van der Waals surface area contributed by atoms with Crippen molar-refractivity contribution in [2.75, 3.05) is 19.7 Å². The molecular formula is C10H14N2O3. The first-order valence-electron chi connectivity index (χ1n) is 5.26. The van der Waals surface area contributed by atoms with E-state index in [1.54, 1.807) is 4.90 Å². The van der Waals surface area contributed by atoms with E-state index >= 15 is 0 Å². The zero-order chi connectivity index (χ0) is 10.7. The van der Waals surface area contributed by atoms with Crippen LogP contribution in [0.5, 0.6) is 0 Å². The summed E-state index contributed by atoms with van der Waals surface area (Å²) in [5, 5.41) is 8.61. The molecule has 0 radical (unpaired) electrons. The van der Waals surface area contributed by atoms with Crippen LogP contribution in [0.15, 0.2) is 0 Å². The average Bonchev–Trinajstić information content (AvgIpc) is 2.74. The zero-order valence-corrected chi connectivity index (χ0v) is 8.52. The number of carbonyl (C=O) groups excluding carboxylic acids is 1. The van der Waals surface area contributed by atoms with E-state index in [1.807, 2.05) is 6.07 Å². The molecule has 0 N–H and O–H groups in total. The summed E-state index contributed by atoms with van der Waals surface area (Å²) in [5.74, 6) is 0. The third kappa shape index (κ3) is 2.39. The molecule has 82 valence electrons. The molecule has 2 unspecified atom stereocenters. The van der Waals surface area contributed by atoms with Gasteiger partial charge in [0.2, 0.25) is 0 Å². The highest BCUT2D eigenvalue weighted by atomic mass is 16.6. The van der Waals surface area contributed by atoms with Crippen molar-refractivity contribution >= 4 is 6.09 Å². The van der Waals surface area contributed by atoms with Gasteiger partial charge in [-0.3, -0.25) is 0 Å². The summed E-state index contributed by atoms with van der Waals surface area (Å²) >= 11 is 0. The molecule has 2 aliphatic rings. The Labute approximate surface area is 88.6 Å². The van der Waals surface area contributed by atoms with Crippen molar-refractivity contribution in [2.24, 2.45) is 0 Å². The van der Waals surface area contributed by atoms with Crippen LogP contribution in [-0.4, -0.2) is 42.9 Å². The molecule has 0 aliphatic carbocycles. The molecule has 0 aromatic rings. The van der Waals surface area contributed by atoms with Crippen molar-refractivity contribution in [3.63, 3.8) is 0 Å². The number of nitrogens with zero attached hydrogens (tertiary/aromatic N) is 2. The largest absolute Gasteiger partial charge is 0.431 e. The van der Waals surface area contributed by atoms with Crippen molar-refractivity contribution in [3.05, 3.63) is 0 Å². The van der Waals surface area contributed by atoms with Crippen LogP contribution >= 0.6 is 0 Å². The van der Waals surface area contributed by atoms with Gasteiger partial charge in [0.15, 0.2) is 6.10 Å². The van der Waals surface area contributed by atoms with Gasteiger partial charge in [-0.25, -0.2) is 4.79 Å². The second-order valence-electron chi connectivity index (χ2n) is 3.87. The number of amides is 1. The van der Waals surface area contributed by atoms with E-state index in [9.17, 15) is 4.79 Å². The fraction of sp³-hybridized carbons (Fsp3) is 0.800. The van der Waals surface area contributed by atoms with Crippen LogP contribution in [0.3, 0.4) is 0 Å². The minimum Gasteiger partial charge on any atom is -0.431 e. The lowest BCUT2D eigenvalue weighted by Crippen LogP contribution is -2.44. The first-order chi connectivity index (χ1) is 7.29. The number of hydrogen-bond donors (Lipinski definition) is 0. The molecule has 2 atom stereocenters. The van der Waals surface area contributed by atoms with Crippen LogP contribution in [-0.2, 0) is 9.47 Å². The molecule has 2 heterocycles. The summed E-state index contributed by atoms with van der Waals surface area (Å²) in [7, 11) is 0. The summed E-state index contributed by atoms with van der Waals surface area (Å²) in [4.78, 5) is 13.1. The Morgan fingerprint density at radius 2 is 2.40 bits per heavy atom. The van der Waals surface area contributed by atoms with E-state index < -0.39 is 6.10 Å². The lowest BCUT2D eigenvalue weighted by atomic mass is 10.2. The van der Waals surface area contributed by atoms with Gasteiger partial charge in [0.25, 0.3) is 0 Å². The lowest BCUT2D eigenvalue weighted by molar-refractivity contribution is 0.0207. The normalized spacial score (nSPS) is 31.1. The molecule has 0 bridgehead atoms. The van der Waals surface area contributed by atoms with Crippen molar-refractivity contribution in [3.8, 4) is 6.07 Å². The van der Waals surface area contributed by atoms with Gasteiger partial charge >= 0.3 is 6.09 Å². The van der Waals surface area contributed by atoms with E-state index in [1.165, 1.54) is 0 Å². The Balaban J connectivity index is 1.83. The SMILES string of the molecule is N#CC1CCN(CC2CCCO2)C(=O)O1. The van der Waals surface area contributed by atoms with Crippen molar-refractivity contribution in [2.45, 2.75) is 31.5 Å². The van der Waals surface area contributed by atoms with Gasteiger partial charge in [0.05, 0.1) is 12.6 Å². The highest BCUT2D eigenvalue weighted by Crippen LogP contribution is 2.17. The van der Waals surface area contributed by atoms with Gasteiger partial charge in [0, 0.05) is 19.6 Å². The summed E-state index contributed by atoms with van der Waals surface area (Å²) in [5.41, 5.74) is 0. The zero-order valence-electron chi connectivity index (χ0n) is 8.52. The molecule has 2 aliphatic heterocycles. The van der Waals surface area contributed by atoms with Crippen LogP contribution in [0, 0.1) is 11.3 Å². The van der Waals surface area contributed by atoms with E-state index in [4.69, 9.17) is 14.7 Å². The Bertz CT molecular complexity index is 281. The maximum atomic E-state index is 11.4. The average molecular weight is 210 g/mol. The van der Waals surface area contributed by atoms with E-state index in [0.29, 0.717) is 19.5 Å². The summed E-state index contributed by atoms with van der Waals surface area (Å²) in [6, 6.07) is 1.95. The van der Waals surface area contributed by atoms with Crippen molar-refractivity contribution in [1.82, 2.24) is 4.90 Å². The standard InChI is InChI=1S/C10H14N2O3/c11-6-8-3-4-12(10(13)15-8)7-9-2-1-5-14-9/h8-9H,1-5,7H2. The summed E-state index contributed by atoms with van der Waals surface area (Å²) in [6.07, 6.45) is 1.85. The van der Waals surface area contributed by atoms with E-state index in [0.717, 1.165) is 19.4 Å². The van der Waals surface area contributed by atoms with Gasteiger partial charge in [-0.05, 0) is 12.8 Å². The van der Waals surface area contributed by atoms with Crippen LogP contribution in [0.4, 0.5) is 4.79 Å². The maximum absolute atomic E-state index is 11.4. The molecule has 0 aromatic heterocycles. The Kier molecular flexibility index (Phi) is 3.07. The van der Waals surface area contributed by atoms with Gasteiger partial charge in [-0.1, -0.05) is 0 Å². The van der Waals surface area contributed by atoms with Gasteiger partial charge in [-0.15, -0.1) is 0 Å². The fourth-order valence-electron chi connectivity index (χ4n) is 1.91. The Hall–Kier alpha value is -1.28. The van der Waals surface area contributed by atoms with Gasteiger partial charge in [-0.2, -0.15) is 5.26 Å². The van der Waals surface area contributed by atoms with Crippen molar-refractivity contribution < 1.29 is 14.3 Å². The van der Waals surface area contributed by atoms with Crippen LogP contribution in [0.1, 0.15) is 19.3 Å². The molecule has 1 amide bonds. The van der Waals surface area contributed by atoms with Crippen LogP contribution < -0.4 is 0 Å². The number of rotatable bonds is 2. The molecule has 5 nitrogen and oxygen atoms in total. The summed E-state index contributed by atoms with van der Waals surface area (Å²) in [6.45, 7) is 1.97. The molecule has 0 saturated carbocycles. The second kappa shape index (κ2) is 4.49. The highest BCUT2D eigenvalue weighted by molar-refractivity contribution is 5.68. The second-order valence-corrected chi connectivity index (χ2v) is 3.87.